The summed E-state index contributed by atoms with van der Waals surface area (Å²) in [5.41, 5.74) is 0. The zero-order valence-electron chi connectivity index (χ0n) is 11.4. The second-order valence-electron chi connectivity index (χ2n) is 6.22. The van der Waals surface area contributed by atoms with Crippen LogP contribution in [0.1, 0.15) is 39.5 Å². The van der Waals surface area contributed by atoms with Crippen molar-refractivity contribution in [3.05, 3.63) is 0 Å². The van der Waals surface area contributed by atoms with Crippen LogP contribution in [-0.2, 0) is 0 Å². The maximum Gasteiger partial charge on any atom is 0.0584 e. The number of piperidine rings is 1. The average Bonchev–Trinajstić information content (AvgIpc) is 2.77. The number of nitrogens with zero attached hydrogens (tertiary/aromatic N) is 1. The van der Waals surface area contributed by atoms with Gasteiger partial charge in [0, 0.05) is 18.6 Å². The van der Waals surface area contributed by atoms with Gasteiger partial charge in [0.05, 0.1) is 6.61 Å². The molecule has 2 N–H and O–H groups in total. The minimum Gasteiger partial charge on any atom is -0.395 e. The molecule has 3 atom stereocenters. The fourth-order valence-corrected chi connectivity index (χ4v) is 3.45. The summed E-state index contributed by atoms with van der Waals surface area (Å²) in [5.74, 6) is 1.68. The third-order valence-electron chi connectivity index (χ3n) is 4.48. The van der Waals surface area contributed by atoms with E-state index in [2.05, 4.69) is 24.1 Å². The fraction of sp³-hybridized carbons (Fsp3) is 1.00. The van der Waals surface area contributed by atoms with Gasteiger partial charge in [0.25, 0.3) is 0 Å². The van der Waals surface area contributed by atoms with Crippen LogP contribution in [0.3, 0.4) is 0 Å². The first-order chi connectivity index (χ1) is 8.19. The Balaban J connectivity index is 1.75. The minimum absolute atomic E-state index is 0.305. The van der Waals surface area contributed by atoms with Gasteiger partial charge >= 0.3 is 0 Å². The molecule has 2 aliphatic heterocycles. The summed E-state index contributed by atoms with van der Waals surface area (Å²) in [6.45, 7) is 8.61. The van der Waals surface area contributed by atoms with Crippen LogP contribution in [-0.4, -0.2) is 48.3 Å². The Morgan fingerprint density at radius 2 is 2.18 bits per heavy atom. The first-order valence-corrected chi connectivity index (χ1v) is 7.27. The second-order valence-corrected chi connectivity index (χ2v) is 6.22. The topological polar surface area (TPSA) is 35.5 Å². The van der Waals surface area contributed by atoms with Gasteiger partial charge in [-0.15, -0.1) is 0 Å². The first-order valence-electron chi connectivity index (χ1n) is 7.27. The minimum atomic E-state index is 0.305. The molecular formula is C14H28N2O. The Hall–Kier alpha value is -0.120. The molecule has 0 aromatic carbocycles. The van der Waals surface area contributed by atoms with E-state index in [0.29, 0.717) is 18.7 Å². The van der Waals surface area contributed by atoms with Crippen molar-refractivity contribution < 1.29 is 5.11 Å². The molecular weight excluding hydrogens is 212 g/mol. The normalized spacial score (nSPS) is 35.6. The number of rotatable bonds is 4. The molecule has 0 radical (unpaired) electrons. The van der Waals surface area contributed by atoms with Crippen molar-refractivity contribution in [1.29, 1.82) is 0 Å². The van der Waals surface area contributed by atoms with E-state index < -0.39 is 0 Å². The highest BCUT2D eigenvalue weighted by molar-refractivity contribution is 4.84. The van der Waals surface area contributed by atoms with E-state index in [-0.39, 0.29) is 0 Å². The molecule has 0 bridgehead atoms. The lowest BCUT2D eigenvalue weighted by molar-refractivity contribution is 0.126. The molecule has 2 aliphatic rings. The van der Waals surface area contributed by atoms with Crippen LogP contribution in [0.5, 0.6) is 0 Å². The fourth-order valence-electron chi connectivity index (χ4n) is 3.45. The average molecular weight is 240 g/mol. The van der Waals surface area contributed by atoms with E-state index in [1.807, 2.05) is 0 Å². The molecule has 0 amide bonds. The SMILES string of the molecule is CC(C)N1CCCC(CC2CNC(CO)C2)C1. The van der Waals surface area contributed by atoms with Crippen LogP contribution < -0.4 is 5.32 Å². The molecule has 0 aromatic heterocycles. The van der Waals surface area contributed by atoms with Crippen LogP contribution >= 0.6 is 0 Å². The number of likely N-dealkylation sites (tertiary alicyclic amines) is 1. The van der Waals surface area contributed by atoms with Gasteiger partial charge in [0.1, 0.15) is 0 Å². The zero-order valence-corrected chi connectivity index (χ0v) is 11.4. The Morgan fingerprint density at radius 1 is 1.35 bits per heavy atom. The molecule has 3 heteroatoms. The van der Waals surface area contributed by atoms with Gasteiger partial charge in [0.15, 0.2) is 0 Å². The summed E-state index contributed by atoms with van der Waals surface area (Å²) in [7, 11) is 0. The van der Waals surface area contributed by atoms with Crippen LogP contribution in [0.2, 0.25) is 0 Å². The molecule has 3 unspecified atom stereocenters. The van der Waals surface area contributed by atoms with Gasteiger partial charge < -0.3 is 15.3 Å². The molecule has 2 fully saturated rings. The van der Waals surface area contributed by atoms with Gasteiger partial charge in [-0.1, -0.05) is 0 Å². The Labute approximate surface area is 106 Å². The summed E-state index contributed by atoms with van der Waals surface area (Å²) in [6, 6.07) is 1.06. The van der Waals surface area contributed by atoms with Crippen LogP contribution in [0.15, 0.2) is 0 Å². The van der Waals surface area contributed by atoms with E-state index in [1.54, 1.807) is 0 Å². The molecule has 0 spiro atoms. The highest BCUT2D eigenvalue weighted by Gasteiger charge is 2.28. The summed E-state index contributed by atoms with van der Waals surface area (Å²) in [5, 5.41) is 12.6. The number of aliphatic hydroxyl groups is 1. The van der Waals surface area contributed by atoms with E-state index in [9.17, 15) is 0 Å². The Morgan fingerprint density at radius 3 is 2.82 bits per heavy atom. The third kappa shape index (κ3) is 3.67. The quantitative estimate of drug-likeness (QED) is 0.781. The summed E-state index contributed by atoms with van der Waals surface area (Å²) < 4.78 is 0. The smallest absolute Gasteiger partial charge is 0.0584 e. The van der Waals surface area contributed by atoms with Crippen molar-refractivity contribution >= 4 is 0 Å². The highest BCUT2D eigenvalue weighted by atomic mass is 16.3. The molecule has 100 valence electrons. The summed E-state index contributed by atoms with van der Waals surface area (Å²) >= 11 is 0. The number of aliphatic hydroxyl groups excluding tert-OH is 1. The maximum atomic E-state index is 9.13. The monoisotopic (exact) mass is 240 g/mol. The largest absolute Gasteiger partial charge is 0.395 e. The lowest BCUT2D eigenvalue weighted by atomic mass is 9.86. The Bertz CT molecular complexity index is 232. The van der Waals surface area contributed by atoms with Gasteiger partial charge in [0.2, 0.25) is 0 Å². The number of nitrogens with one attached hydrogen (secondary N) is 1. The van der Waals surface area contributed by atoms with Gasteiger partial charge in [-0.3, -0.25) is 0 Å². The zero-order chi connectivity index (χ0) is 12.3. The van der Waals surface area contributed by atoms with Crippen molar-refractivity contribution in [1.82, 2.24) is 10.2 Å². The third-order valence-corrected chi connectivity index (χ3v) is 4.48. The number of hydrogen-bond acceptors (Lipinski definition) is 3. The van der Waals surface area contributed by atoms with Crippen molar-refractivity contribution in [2.24, 2.45) is 11.8 Å². The van der Waals surface area contributed by atoms with Crippen molar-refractivity contribution in [2.75, 3.05) is 26.2 Å². The van der Waals surface area contributed by atoms with Crippen molar-refractivity contribution in [3.63, 3.8) is 0 Å². The predicted molar refractivity (Wildman–Crippen MR) is 71.0 cm³/mol. The van der Waals surface area contributed by atoms with Crippen LogP contribution in [0, 0.1) is 11.8 Å². The van der Waals surface area contributed by atoms with E-state index >= 15 is 0 Å². The lowest BCUT2D eigenvalue weighted by Crippen LogP contribution is -2.40. The van der Waals surface area contributed by atoms with Gasteiger partial charge in [-0.2, -0.15) is 0 Å². The molecule has 0 aliphatic carbocycles. The molecule has 3 nitrogen and oxygen atoms in total. The van der Waals surface area contributed by atoms with E-state index in [4.69, 9.17) is 5.11 Å². The molecule has 2 saturated heterocycles. The van der Waals surface area contributed by atoms with Gasteiger partial charge in [-0.25, -0.2) is 0 Å². The van der Waals surface area contributed by atoms with E-state index in [1.165, 1.54) is 38.8 Å². The van der Waals surface area contributed by atoms with Crippen LogP contribution in [0.25, 0.3) is 0 Å². The first kappa shape index (κ1) is 13.3. The standard InChI is InChI=1S/C14H28N2O/c1-11(2)16-5-3-4-12(9-16)6-13-7-14(10-17)15-8-13/h11-15,17H,3-10H2,1-2H3. The maximum absolute atomic E-state index is 9.13. The van der Waals surface area contributed by atoms with Crippen LogP contribution in [0.4, 0.5) is 0 Å². The molecule has 2 rings (SSSR count). The highest BCUT2D eigenvalue weighted by Crippen LogP contribution is 2.28. The second kappa shape index (κ2) is 6.17. The predicted octanol–water partition coefficient (Wildman–Crippen LogP) is 1.47. The van der Waals surface area contributed by atoms with Crippen molar-refractivity contribution in [3.8, 4) is 0 Å². The molecule has 17 heavy (non-hydrogen) atoms. The summed E-state index contributed by atoms with van der Waals surface area (Å²) in [6.07, 6.45) is 5.30. The molecule has 2 heterocycles. The summed E-state index contributed by atoms with van der Waals surface area (Å²) in [4.78, 5) is 2.63. The van der Waals surface area contributed by atoms with E-state index in [0.717, 1.165) is 18.4 Å². The molecule has 0 saturated carbocycles. The van der Waals surface area contributed by atoms with Crippen molar-refractivity contribution in [2.45, 2.75) is 51.6 Å². The van der Waals surface area contributed by atoms with Gasteiger partial charge in [-0.05, 0) is 64.5 Å². The Kier molecular flexibility index (Phi) is 4.83. The number of hydrogen-bond donors (Lipinski definition) is 2. The lowest BCUT2D eigenvalue weighted by Gasteiger charge is -2.36. The molecule has 0 aromatic rings.